The van der Waals surface area contributed by atoms with Crippen molar-refractivity contribution in [2.24, 2.45) is 68.0 Å². The zero-order chi connectivity index (χ0) is 103. The molecule has 45 heteroatoms. The number of aliphatic hydroxyl groups excluding tert-OH is 21. The first kappa shape index (κ1) is 115. The second kappa shape index (κ2) is 46.6. The van der Waals surface area contributed by atoms with Crippen LogP contribution in [-0.4, -0.2) is 427 Å². The minimum Gasteiger partial charge on any atom is -0.432 e. The van der Waals surface area contributed by atoms with Gasteiger partial charge in [0, 0.05) is 19.3 Å². The number of hydrogen-bond donors (Lipinski definition) is 23. The van der Waals surface area contributed by atoms with Gasteiger partial charge in [-0.05, 0) is 142 Å². The lowest BCUT2D eigenvalue weighted by molar-refractivity contribution is -0.384. The van der Waals surface area contributed by atoms with Crippen LogP contribution in [0.25, 0.3) is 0 Å². The predicted molar refractivity (Wildman–Crippen MR) is 471 cm³/mol. The maximum atomic E-state index is 16.8. The molecule has 0 aromatic rings. The molecule has 17 unspecified atom stereocenters. The number of ether oxygens (including phenoxy) is 16. The molecule has 1 amide bonds. The van der Waals surface area contributed by atoms with Crippen molar-refractivity contribution in [2.75, 3.05) is 39.6 Å². The van der Waals surface area contributed by atoms with Gasteiger partial charge in [-0.3, -0.25) is 14.4 Å². The van der Waals surface area contributed by atoms with Crippen LogP contribution < -0.4 is 5.32 Å². The van der Waals surface area contributed by atoms with E-state index < -0.39 is 347 Å². The molecule has 804 valence electrons. The molecule has 0 aromatic heterocycles. The van der Waals surface area contributed by atoms with Crippen molar-refractivity contribution in [2.45, 2.75) is 444 Å². The van der Waals surface area contributed by atoms with E-state index in [4.69, 9.17) is 85.4 Å². The Labute approximate surface area is 812 Å². The van der Waals surface area contributed by atoms with Gasteiger partial charge in [-0.2, -0.15) is 9.59 Å². The molecule has 0 spiro atoms. The predicted octanol–water partition coefficient (Wildman–Crippen LogP) is -4.71. The Bertz CT molecular complexity index is 4120. The third kappa shape index (κ3) is 22.8. The van der Waals surface area contributed by atoms with Crippen LogP contribution in [0.1, 0.15) is 199 Å². The fraction of sp³-hybridized carbons (Fsp3) is 0.926. The zero-order valence-electron chi connectivity index (χ0n) is 81.7. The molecule has 8 aliphatic heterocycles. The Morgan fingerprint density at radius 1 is 0.529 bits per heavy atom. The summed E-state index contributed by atoms with van der Waals surface area (Å²) in [6.07, 6.45) is -59.6. The molecule has 8 heterocycles. The summed E-state index contributed by atoms with van der Waals surface area (Å²) in [6, 6.07) is -1.80. The van der Waals surface area contributed by atoms with Crippen LogP contribution >= 0.6 is 0 Å². The first-order valence-corrected chi connectivity index (χ1v) is 49.5. The topological polar surface area (TPSA) is 707 Å². The average molecular weight is 2020 g/mol. The molecule has 0 radical (unpaired) electrons. The van der Waals surface area contributed by atoms with Crippen molar-refractivity contribution in [1.82, 2.24) is 5.32 Å². The number of amides is 1. The molecular formula is C95H155NO44. The number of aldehydes is 1. The Morgan fingerprint density at radius 3 is 1.64 bits per heavy atom. The molecule has 13 aliphatic rings. The Kier molecular flexibility index (Phi) is 38.1. The Morgan fingerprint density at radius 2 is 1.06 bits per heavy atom. The molecule has 5 aliphatic carbocycles. The third-order valence-corrected chi connectivity index (χ3v) is 34.3. The van der Waals surface area contributed by atoms with Gasteiger partial charge in [0.25, 0.3) is 0 Å². The number of ketones is 1. The van der Waals surface area contributed by atoms with E-state index in [2.05, 4.69) is 32.2 Å². The van der Waals surface area contributed by atoms with Crippen LogP contribution in [0.4, 0.5) is 0 Å². The lowest BCUT2D eigenvalue weighted by Crippen LogP contribution is -2.71. The molecule has 51 atom stereocenters. The minimum atomic E-state index is -2.23. The lowest BCUT2D eigenvalue weighted by atomic mass is 9.33. The Balaban J connectivity index is 0.00000577. The number of hydrogen-bond acceptors (Lipinski definition) is 44. The first-order chi connectivity index (χ1) is 65.8. The van der Waals surface area contributed by atoms with Crippen molar-refractivity contribution < 1.29 is 217 Å². The average Bonchev–Trinajstić information content (AvgIpc) is 0.704. The summed E-state index contributed by atoms with van der Waals surface area (Å²) in [6.45, 7) is 20.5. The van der Waals surface area contributed by atoms with Crippen molar-refractivity contribution in [3.63, 3.8) is 0 Å². The van der Waals surface area contributed by atoms with Crippen molar-refractivity contribution in [3.05, 3.63) is 11.6 Å². The second-order valence-electron chi connectivity index (χ2n) is 43.5. The zero-order valence-corrected chi connectivity index (χ0v) is 81.7. The largest absolute Gasteiger partial charge is 0.432 e. The summed E-state index contributed by atoms with van der Waals surface area (Å²) in [5.41, 5.74) is -6.90. The second-order valence-corrected chi connectivity index (χ2v) is 43.5. The highest BCUT2D eigenvalue weighted by Crippen LogP contribution is 2.76. The monoisotopic (exact) mass is 2010 g/mol. The van der Waals surface area contributed by atoms with E-state index in [9.17, 15) is 122 Å². The number of carbonyl (C=O) groups excluding carboxylic acids is 6. The smallest absolute Gasteiger partial charge is 0.373 e. The number of fused-ring (bicyclic) bond motifs is 7. The van der Waals surface area contributed by atoms with Crippen LogP contribution in [0, 0.1) is 68.0 Å². The molecule has 13 rings (SSSR count). The highest BCUT2D eigenvalue weighted by Gasteiger charge is 2.74. The van der Waals surface area contributed by atoms with E-state index in [0.717, 1.165) is 11.9 Å². The van der Waals surface area contributed by atoms with Gasteiger partial charge in [-0.25, -0.2) is 0 Å². The van der Waals surface area contributed by atoms with E-state index in [1.165, 1.54) is 13.8 Å². The Hall–Kier alpha value is -4.08. The third-order valence-electron chi connectivity index (χ3n) is 34.3. The number of allylic oxidation sites excluding steroid dienone is 2. The fourth-order valence-electron chi connectivity index (χ4n) is 24.8. The quantitative estimate of drug-likeness (QED) is 0.0123. The molecule has 4 saturated carbocycles. The highest BCUT2D eigenvalue weighted by molar-refractivity contribution is 5.80. The summed E-state index contributed by atoms with van der Waals surface area (Å²) in [5, 5.41) is 252. The number of nitrogens with one attached hydrogen (secondary N) is 1. The van der Waals surface area contributed by atoms with Gasteiger partial charge < -0.3 is 198 Å². The number of Topliss-reactive ketones (excluding diaryl/α,β-unsaturated/α-hetero) is 1. The van der Waals surface area contributed by atoms with Gasteiger partial charge in [0.15, 0.2) is 50.1 Å². The maximum absolute atomic E-state index is 16.8. The molecule has 0 bridgehead atoms. The van der Waals surface area contributed by atoms with Gasteiger partial charge in [0.2, 0.25) is 12.2 Å². The summed E-state index contributed by atoms with van der Waals surface area (Å²) in [4.78, 5) is 76.6. The molecular weight excluding hydrogens is 1860 g/mol. The van der Waals surface area contributed by atoms with Crippen molar-refractivity contribution >= 4 is 30.1 Å². The summed E-state index contributed by atoms with van der Waals surface area (Å²) < 4.78 is 99.6. The van der Waals surface area contributed by atoms with Crippen molar-refractivity contribution in [1.29, 1.82) is 0 Å². The van der Waals surface area contributed by atoms with Crippen LogP contribution in [0.2, 0.25) is 0 Å². The van der Waals surface area contributed by atoms with E-state index in [1.54, 1.807) is 13.8 Å². The molecule has 23 N–H and O–H groups in total. The molecule has 140 heavy (non-hydrogen) atoms. The fourth-order valence-corrected chi connectivity index (χ4v) is 24.8. The highest BCUT2D eigenvalue weighted by atomic mass is 16.8. The molecule has 8 saturated heterocycles. The lowest BCUT2D eigenvalue weighted by Gasteiger charge is -2.71. The summed E-state index contributed by atoms with van der Waals surface area (Å²) in [7, 11) is 0. The van der Waals surface area contributed by atoms with Gasteiger partial charge in [-0.1, -0.05) is 101 Å². The molecule has 0 aromatic carbocycles. The molecule has 45 nitrogen and oxygen atoms in total. The first-order valence-electron chi connectivity index (χ1n) is 49.5. The number of esters is 1. The normalized spacial score (nSPS) is 48.2. The van der Waals surface area contributed by atoms with Crippen LogP contribution in [0.5, 0.6) is 0 Å². The SMILES string of the molecule is CC[C@@H](C)C(CC(=O)C[C@@H](O)C[C@H](O[C@@H]1OC[C@](O)(CC)C1O)[C@H](C)CC)C[C@H](O)CC(=O)N[C@H]1C(CO)O[C@@H](OC(=O)[C@]23CCC(C)(C)CC2C2=CCC4C5(C)CC[C@H](O[C@@H]6OC[C@@H](O)[C@H](O[C@@H]7OC[C@@H](O)[C@H](O)C7O)C6O[C@@H]6OC(CO)[C@H](O)[C@H](O)C6O)[C@](C)(C=O)[C@@H]5CC[C@]4(C)[C@]2(C)CC3O)[C@H](O[C@@H]2OC(C)[C@H](O[C@@H]3OC[C@@H](O)C(O)[C@H]3O)C(O)[C@@H]2O)C1O[C@@H]1OC(C)[C@H](O)[C@H](O)C1O.O=C=O. The van der Waals surface area contributed by atoms with Gasteiger partial charge in [-0.15, -0.1) is 0 Å². The van der Waals surface area contributed by atoms with E-state index in [-0.39, 0.29) is 94.1 Å². The van der Waals surface area contributed by atoms with Crippen molar-refractivity contribution in [3.8, 4) is 0 Å². The van der Waals surface area contributed by atoms with Gasteiger partial charge >= 0.3 is 12.1 Å². The minimum absolute atomic E-state index is 0.0168. The van der Waals surface area contributed by atoms with E-state index in [0.29, 0.717) is 44.9 Å². The number of rotatable bonds is 35. The number of aliphatic hydroxyl groups is 22. The number of carbonyl (C=O) groups is 4. The van der Waals surface area contributed by atoms with Crippen LogP contribution in [0.15, 0.2) is 11.6 Å². The van der Waals surface area contributed by atoms with E-state index in [1.807, 2.05) is 41.5 Å². The van der Waals surface area contributed by atoms with Gasteiger partial charge in [0.1, 0.15) is 157 Å². The van der Waals surface area contributed by atoms with Gasteiger partial charge in [0.05, 0.1) is 100 Å². The van der Waals surface area contributed by atoms with E-state index >= 15 is 9.59 Å². The molecule has 12 fully saturated rings. The standard InChI is InChI=1S/C94H155NO42.CO2/c1-14-39(4)43(25-44(99)27-46(101)28-52(40(5)15-2)128-86-78(119)93(121,16-3)38-125-86)26-45(100)29-59(106)95-60-53(32-96)129-85(77(75(60)134-81-70(116)65(111)61(107)41(6)126-81)136-82-72(118)67(113)73(42(7)127-82)132-79-68(114)62(108)49(102)34-122-79)137-87(120)94-24-23-88(8,9)30-48(94)47-17-18-56-89(10)21-20-58(90(11,37-98)55(89)19-22-91(56,12)92(47,13)31-57(94)105)131-84-76(135-83-71(117)66(112)64(110)54(33-97)130-83)74(51(104)36-124-84)133-80-69(115)63(109)50(103)35-123-80;2-1-3/h17,37,39-43,45-46,48-58,60-86,96-97,100-105,107-119,121H,14-16,18-36,38H2,1-13H3,(H,95,106);/t39-,40-,41?,42?,43?,45+,46-,48?,49-,50-,51-,52+,53?,54?,55-,56?,57?,58+,60+,61+,62?,63+,64+,65+,66+,67?,68-,69?,70?,71?,72+,73+,74+,75?,76?,77-,78?,79+,80+,81+,82+,83+,84+,85+,86+,89?,90-,91+,92-,93-,94-;/m1./s1. The van der Waals surface area contributed by atoms with Crippen LogP contribution in [0.3, 0.4) is 0 Å². The summed E-state index contributed by atoms with van der Waals surface area (Å²) >= 11 is 0. The van der Waals surface area contributed by atoms with Crippen LogP contribution in [-0.2, 0) is 105 Å². The maximum Gasteiger partial charge on any atom is 0.373 e. The summed E-state index contributed by atoms with van der Waals surface area (Å²) in [5.74, 6) is -5.02.